The summed E-state index contributed by atoms with van der Waals surface area (Å²) in [7, 11) is 3.28. The summed E-state index contributed by atoms with van der Waals surface area (Å²) in [6, 6.07) is 13.5. The highest BCUT2D eigenvalue weighted by molar-refractivity contribution is 7.80. The number of benzene rings is 2. The molecule has 0 aliphatic heterocycles. The molecule has 0 saturated carbocycles. The normalized spacial score (nSPS) is 9.90. The second-order valence-electron chi connectivity index (χ2n) is 4.13. The lowest BCUT2D eigenvalue weighted by Crippen LogP contribution is -2.18. The van der Waals surface area contributed by atoms with E-state index in [1.807, 2.05) is 42.5 Å². The van der Waals surface area contributed by atoms with Crippen LogP contribution in [0.1, 0.15) is 0 Å². The molecule has 4 nitrogen and oxygen atoms in total. The number of ether oxygens (including phenoxy) is 2. The highest BCUT2D eigenvalue weighted by atomic mass is 32.1. The Morgan fingerprint density at radius 2 is 1.75 bits per heavy atom. The minimum Gasteiger partial charge on any atom is -0.497 e. The molecule has 0 radical (unpaired) electrons. The summed E-state index contributed by atoms with van der Waals surface area (Å²) in [5.41, 5.74) is 8.30. The first-order chi connectivity index (χ1) is 9.63. The van der Waals surface area contributed by atoms with E-state index < -0.39 is 0 Å². The van der Waals surface area contributed by atoms with Crippen molar-refractivity contribution < 1.29 is 9.47 Å². The Morgan fingerprint density at radius 1 is 1.05 bits per heavy atom. The molecule has 0 saturated heterocycles. The van der Waals surface area contributed by atoms with Gasteiger partial charge in [-0.3, -0.25) is 0 Å². The monoisotopic (exact) mass is 288 g/mol. The quantitative estimate of drug-likeness (QED) is 0.847. The summed E-state index contributed by atoms with van der Waals surface area (Å²) >= 11 is 4.82. The van der Waals surface area contributed by atoms with Crippen molar-refractivity contribution >= 4 is 23.0 Å². The molecule has 3 N–H and O–H groups in total. The van der Waals surface area contributed by atoms with Crippen LogP contribution in [0.2, 0.25) is 0 Å². The molecule has 2 rings (SSSR count). The molecule has 0 spiro atoms. The Morgan fingerprint density at radius 3 is 2.30 bits per heavy atom. The lowest BCUT2D eigenvalue weighted by atomic mass is 10.0. The van der Waals surface area contributed by atoms with E-state index in [0.29, 0.717) is 0 Å². The molecule has 0 bridgehead atoms. The van der Waals surface area contributed by atoms with E-state index in [1.165, 1.54) is 0 Å². The van der Waals surface area contributed by atoms with Crippen LogP contribution in [0, 0.1) is 0 Å². The molecule has 2 aromatic carbocycles. The molecule has 0 fully saturated rings. The molecule has 0 atom stereocenters. The fourth-order valence-electron chi connectivity index (χ4n) is 1.92. The van der Waals surface area contributed by atoms with Crippen LogP contribution in [-0.2, 0) is 0 Å². The Bertz CT molecular complexity index is 612. The van der Waals surface area contributed by atoms with Crippen LogP contribution in [0.25, 0.3) is 11.1 Å². The number of nitrogens with two attached hydrogens (primary N) is 1. The van der Waals surface area contributed by atoms with Gasteiger partial charge in [0.2, 0.25) is 0 Å². The standard InChI is InChI=1S/C15H16N2O2S/c1-18-12-6-3-10(4-7-12)13-8-5-11(17-15(16)20)9-14(13)19-2/h3-9H,1-2H3,(H3,16,17,20). The van der Waals surface area contributed by atoms with Crippen LogP contribution in [0.15, 0.2) is 42.5 Å². The van der Waals surface area contributed by atoms with E-state index in [-0.39, 0.29) is 5.11 Å². The largest absolute Gasteiger partial charge is 0.497 e. The third-order valence-corrected chi connectivity index (χ3v) is 2.97. The maximum absolute atomic E-state index is 5.46. The number of anilines is 1. The van der Waals surface area contributed by atoms with Gasteiger partial charge in [-0.05, 0) is 42.0 Å². The highest BCUT2D eigenvalue weighted by Crippen LogP contribution is 2.33. The number of rotatable bonds is 4. The molecule has 0 unspecified atom stereocenters. The van der Waals surface area contributed by atoms with Crippen LogP contribution >= 0.6 is 12.2 Å². The van der Waals surface area contributed by atoms with Crippen molar-refractivity contribution in [2.75, 3.05) is 19.5 Å². The van der Waals surface area contributed by atoms with Crippen molar-refractivity contribution in [3.05, 3.63) is 42.5 Å². The van der Waals surface area contributed by atoms with E-state index in [2.05, 4.69) is 5.32 Å². The molecule has 5 heteroatoms. The number of hydrogen-bond donors (Lipinski definition) is 2. The molecular weight excluding hydrogens is 272 g/mol. The average molecular weight is 288 g/mol. The van der Waals surface area contributed by atoms with Gasteiger partial charge in [0.25, 0.3) is 0 Å². The molecule has 2 aromatic rings. The fraction of sp³-hybridized carbons (Fsp3) is 0.133. The van der Waals surface area contributed by atoms with E-state index in [4.69, 9.17) is 27.4 Å². The maximum atomic E-state index is 5.46. The van der Waals surface area contributed by atoms with Gasteiger partial charge in [0, 0.05) is 17.3 Å². The maximum Gasteiger partial charge on any atom is 0.168 e. The second kappa shape index (κ2) is 6.25. The predicted molar refractivity (Wildman–Crippen MR) is 85.4 cm³/mol. The fourth-order valence-corrected chi connectivity index (χ4v) is 2.04. The zero-order valence-electron chi connectivity index (χ0n) is 11.3. The minimum absolute atomic E-state index is 0.226. The Kier molecular flexibility index (Phi) is 4.42. The number of methoxy groups -OCH3 is 2. The van der Waals surface area contributed by atoms with E-state index in [9.17, 15) is 0 Å². The average Bonchev–Trinajstić information content (AvgIpc) is 2.46. The third kappa shape index (κ3) is 3.19. The number of nitrogens with one attached hydrogen (secondary N) is 1. The van der Waals surface area contributed by atoms with Gasteiger partial charge < -0.3 is 20.5 Å². The second-order valence-corrected chi connectivity index (χ2v) is 4.57. The summed E-state index contributed by atoms with van der Waals surface area (Å²) in [4.78, 5) is 0. The first-order valence-corrected chi connectivity index (χ1v) is 6.44. The molecule has 0 heterocycles. The number of hydrogen-bond acceptors (Lipinski definition) is 3. The van der Waals surface area contributed by atoms with E-state index in [0.717, 1.165) is 28.3 Å². The lowest BCUT2D eigenvalue weighted by molar-refractivity contribution is 0.414. The molecule has 0 amide bonds. The van der Waals surface area contributed by atoms with Crippen molar-refractivity contribution in [3.8, 4) is 22.6 Å². The molecule has 0 aromatic heterocycles. The molecule has 104 valence electrons. The van der Waals surface area contributed by atoms with Gasteiger partial charge in [0.1, 0.15) is 11.5 Å². The SMILES string of the molecule is COc1ccc(-c2ccc(NC(N)=S)cc2OC)cc1. The molecule has 0 aliphatic rings. The van der Waals surface area contributed by atoms with Gasteiger partial charge in [-0.15, -0.1) is 0 Å². The lowest BCUT2D eigenvalue weighted by Gasteiger charge is -2.12. The first-order valence-electron chi connectivity index (χ1n) is 6.03. The summed E-state index contributed by atoms with van der Waals surface area (Å²) in [6.45, 7) is 0. The minimum atomic E-state index is 0.226. The number of thiocarbonyl (C=S) groups is 1. The predicted octanol–water partition coefficient (Wildman–Crippen LogP) is 3.03. The van der Waals surface area contributed by atoms with Crippen LogP contribution in [0.5, 0.6) is 11.5 Å². The Hall–Kier alpha value is -2.27. The zero-order chi connectivity index (χ0) is 14.5. The van der Waals surface area contributed by atoms with Crippen LogP contribution in [0.4, 0.5) is 5.69 Å². The van der Waals surface area contributed by atoms with Crippen LogP contribution in [-0.4, -0.2) is 19.3 Å². The molecular formula is C15H16N2O2S. The van der Waals surface area contributed by atoms with Gasteiger partial charge in [0.15, 0.2) is 5.11 Å². The summed E-state index contributed by atoms with van der Waals surface area (Å²) in [5, 5.41) is 3.11. The van der Waals surface area contributed by atoms with Crippen LogP contribution < -0.4 is 20.5 Å². The summed E-state index contributed by atoms with van der Waals surface area (Å²) < 4.78 is 10.6. The summed E-state index contributed by atoms with van der Waals surface area (Å²) in [6.07, 6.45) is 0. The van der Waals surface area contributed by atoms with Crippen molar-refractivity contribution in [1.82, 2.24) is 0 Å². The first kappa shape index (κ1) is 14.1. The van der Waals surface area contributed by atoms with Gasteiger partial charge in [-0.25, -0.2) is 0 Å². The van der Waals surface area contributed by atoms with Crippen molar-refractivity contribution in [2.45, 2.75) is 0 Å². The van der Waals surface area contributed by atoms with Crippen molar-refractivity contribution in [1.29, 1.82) is 0 Å². The Labute approximate surface area is 123 Å². The summed E-state index contributed by atoms with van der Waals surface area (Å²) in [5.74, 6) is 1.57. The third-order valence-electron chi connectivity index (χ3n) is 2.87. The molecule has 20 heavy (non-hydrogen) atoms. The van der Waals surface area contributed by atoms with Gasteiger partial charge in [-0.1, -0.05) is 12.1 Å². The topological polar surface area (TPSA) is 56.5 Å². The molecule has 0 aliphatic carbocycles. The van der Waals surface area contributed by atoms with Crippen molar-refractivity contribution in [2.24, 2.45) is 5.73 Å². The van der Waals surface area contributed by atoms with Crippen molar-refractivity contribution in [3.63, 3.8) is 0 Å². The van der Waals surface area contributed by atoms with Gasteiger partial charge in [-0.2, -0.15) is 0 Å². The van der Waals surface area contributed by atoms with E-state index in [1.54, 1.807) is 14.2 Å². The highest BCUT2D eigenvalue weighted by Gasteiger charge is 2.07. The zero-order valence-corrected chi connectivity index (χ0v) is 12.2. The Balaban J connectivity index is 2.37. The van der Waals surface area contributed by atoms with E-state index >= 15 is 0 Å². The van der Waals surface area contributed by atoms with Gasteiger partial charge >= 0.3 is 0 Å². The van der Waals surface area contributed by atoms with Crippen LogP contribution in [0.3, 0.4) is 0 Å². The smallest absolute Gasteiger partial charge is 0.168 e. The van der Waals surface area contributed by atoms with Gasteiger partial charge in [0.05, 0.1) is 14.2 Å².